The maximum Gasteiger partial charge on any atom is 0.259 e. The molecule has 1 aromatic carbocycles. The molecule has 0 unspecified atom stereocenters. The summed E-state index contributed by atoms with van der Waals surface area (Å²) in [5.74, 6) is 1.41. The summed E-state index contributed by atoms with van der Waals surface area (Å²) in [6, 6.07) is 8.05. The Kier molecular flexibility index (Phi) is 5.17. The topological polar surface area (TPSA) is 67.4 Å². The number of rotatable bonds is 6. The highest BCUT2D eigenvalue weighted by atomic mass is 16.5. The number of aryl methyl sites for hydroxylation is 3. The first kappa shape index (κ1) is 18.7. The Morgan fingerprint density at radius 1 is 1.21 bits per heavy atom. The number of para-hydroxylation sites is 2. The molecular formula is C21H27N5O2. The molecule has 1 fully saturated rings. The van der Waals surface area contributed by atoms with Crippen LogP contribution in [0.25, 0.3) is 11.0 Å². The van der Waals surface area contributed by atoms with E-state index in [1.54, 1.807) is 6.92 Å². The van der Waals surface area contributed by atoms with Crippen molar-refractivity contribution in [3.8, 4) is 0 Å². The number of amides is 1. The van der Waals surface area contributed by atoms with Crippen molar-refractivity contribution in [3.63, 3.8) is 0 Å². The van der Waals surface area contributed by atoms with E-state index in [1.807, 2.05) is 37.1 Å². The largest absolute Gasteiger partial charge is 0.361 e. The molecule has 1 saturated heterocycles. The first-order valence-electron chi connectivity index (χ1n) is 9.89. The van der Waals surface area contributed by atoms with Gasteiger partial charge in [-0.15, -0.1) is 0 Å². The van der Waals surface area contributed by atoms with E-state index in [0.29, 0.717) is 30.1 Å². The summed E-state index contributed by atoms with van der Waals surface area (Å²) in [6.07, 6.45) is 2.48. The summed E-state index contributed by atoms with van der Waals surface area (Å²) >= 11 is 0. The first-order valence-corrected chi connectivity index (χ1v) is 9.89. The number of nitrogens with zero attached hydrogens (tertiary/aromatic N) is 5. The molecule has 0 aliphatic carbocycles. The zero-order valence-corrected chi connectivity index (χ0v) is 16.8. The van der Waals surface area contributed by atoms with Crippen molar-refractivity contribution in [2.45, 2.75) is 33.2 Å². The van der Waals surface area contributed by atoms with Gasteiger partial charge in [-0.2, -0.15) is 0 Å². The van der Waals surface area contributed by atoms with Gasteiger partial charge in [0.2, 0.25) is 0 Å². The molecule has 2 aromatic heterocycles. The fourth-order valence-electron chi connectivity index (χ4n) is 3.97. The highest BCUT2D eigenvalue weighted by Crippen LogP contribution is 2.20. The van der Waals surface area contributed by atoms with Crippen molar-refractivity contribution in [3.05, 3.63) is 47.1 Å². The number of benzene rings is 1. The molecule has 0 N–H and O–H groups in total. The van der Waals surface area contributed by atoms with Gasteiger partial charge in [0.1, 0.15) is 17.1 Å². The molecule has 0 radical (unpaired) electrons. The number of imidazole rings is 1. The Labute approximate surface area is 164 Å². The summed E-state index contributed by atoms with van der Waals surface area (Å²) in [5, 5.41) is 3.96. The molecule has 0 saturated carbocycles. The minimum Gasteiger partial charge on any atom is -0.361 e. The maximum atomic E-state index is 13.4. The van der Waals surface area contributed by atoms with Crippen LogP contribution in [0.15, 0.2) is 28.8 Å². The smallest absolute Gasteiger partial charge is 0.259 e. The van der Waals surface area contributed by atoms with Crippen molar-refractivity contribution in [1.82, 2.24) is 24.5 Å². The second kappa shape index (κ2) is 7.75. The third-order valence-corrected chi connectivity index (χ3v) is 5.63. The molecule has 0 spiro atoms. The fourth-order valence-corrected chi connectivity index (χ4v) is 3.97. The van der Waals surface area contributed by atoms with Crippen LogP contribution in [0.4, 0.5) is 0 Å². The number of carbonyl (C=O) groups is 1. The lowest BCUT2D eigenvalue weighted by Crippen LogP contribution is -2.38. The maximum absolute atomic E-state index is 13.4. The van der Waals surface area contributed by atoms with Crippen molar-refractivity contribution in [2.75, 3.05) is 26.2 Å². The molecule has 1 amide bonds. The van der Waals surface area contributed by atoms with E-state index < -0.39 is 0 Å². The normalized spacial score (nSPS) is 14.8. The fraction of sp³-hybridized carbons (Fsp3) is 0.476. The third-order valence-electron chi connectivity index (χ3n) is 5.63. The van der Waals surface area contributed by atoms with Gasteiger partial charge in [0.15, 0.2) is 0 Å². The van der Waals surface area contributed by atoms with Crippen LogP contribution in [0, 0.1) is 13.8 Å². The quantitative estimate of drug-likeness (QED) is 0.657. The highest BCUT2D eigenvalue weighted by Gasteiger charge is 2.26. The van der Waals surface area contributed by atoms with Crippen LogP contribution >= 0.6 is 0 Å². The Bertz CT molecular complexity index is 965. The molecule has 0 bridgehead atoms. The second-order valence-electron chi connectivity index (χ2n) is 7.55. The van der Waals surface area contributed by atoms with E-state index in [0.717, 1.165) is 36.5 Å². The van der Waals surface area contributed by atoms with Crippen LogP contribution in [0.3, 0.4) is 0 Å². The van der Waals surface area contributed by atoms with Crippen molar-refractivity contribution >= 4 is 16.9 Å². The molecule has 28 heavy (non-hydrogen) atoms. The molecule has 0 atom stereocenters. The monoisotopic (exact) mass is 381 g/mol. The standard InChI is InChI=1S/C21H27N5O2/c1-15-20(16(2)28-23-15)21(27)26(13-12-25-10-6-7-11-25)14-19-22-17-8-4-5-9-18(17)24(19)3/h4-5,8-9H,6-7,10-14H2,1-3H3. The molecule has 1 aliphatic rings. The van der Waals surface area contributed by atoms with E-state index in [2.05, 4.69) is 20.7 Å². The van der Waals surface area contributed by atoms with Gasteiger partial charge in [0.05, 0.1) is 23.3 Å². The number of hydrogen-bond donors (Lipinski definition) is 0. The number of aromatic nitrogens is 3. The number of likely N-dealkylation sites (tertiary alicyclic amines) is 1. The lowest BCUT2D eigenvalue weighted by atomic mass is 10.1. The Balaban J connectivity index is 1.61. The predicted molar refractivity (Wildman–Crippen MR) is 107 cm³/mol. The number of fused-ring (bicyclic) bond motifs is 1. The molecule has 148 valence electrons. The van der Waals surface area contributed by atoms with Crippen LogP contribution in [-0.2, 0) is 13.6 Å². The number of hydrogen-bond acceptors (Lipinski definition) is 5. The lowest BCUT2D eigenvalue weighted by molar-refractivity contribution is 0.0719. The minimum absolute atomic E-state index is 0.0393. The first-order chi connectivity index (χ1) is 13.5. The van der Waals surface area contributed by atoms with Gasteiger partial charge in [-0.3, -0.25) is 4.79 Å². The third kappa shape index (κ3) is 3.54. The zero-order chi connectivity index (χ0) is 19.7. The van der Waals surface area contributed by atoms with Crippen LogP contribution in [0.5, 0.6) is 0 Å². The molecular weight excluding hydrogens is 354 g/mol. The van der Waals surface area contributed by atoms with Crippen LogP contribution in [-0.4, -0.2) is 56.6 Å². The average molecular weight is 381 g/mol. The van der Waals surface area contributed by atoms with Gasteiger partial charge in [-0.05, 0) is 51.9 Å². The molecule has 3 heterocycles. The summed E-state index contributed by atoms with van der Waals surface area (Å²) < 4.78 is 7.31. The van der Waals surface area contributed by atoms with Crippen LogP contribution in [0.1, 0.15) is 40.5 Å². The Morgan fingerprint density at radius 2 is 1.96 bits per heavy atom. The van der Waals surface area contributed by atoms with E-state index in [4.69, 9.17) is 9.51 Å². The zero-order valence-electron chi connectivity index (χ0n) is 16.8. The summed E-state index contributed by atoms with van der Waals surface area (Å²) in [4.78, 5) is 22.4. The minimum atomic E-state index is -0.0393. The summed E-state index contributed by atoms with van der Waals surface area (Å²) in [6.45, 7) is 7.82. The van der Waals surface area contributed by atoms with Gasteiger partial charge in [-0.25, -0.2) is 4.98 Å². The summed E-state index contributed by atoms with van der Waals surface area (Å²) in [7, 11) is 2.00. The highest BCUT2D eigenvalue weighted by molar-refractivity contribution is 5.96. The Morgan fingerprint density at radius 3 is 2.64 bits per heavy atom. The molecule has 7 heteroatoms. The van der Waals surface area contributed by atoms with E-state index in [9.17, 15) is 4.79 Å². The van der Waals surface area contributed by atoms with E-state index in [-0.39, 0.29) is 5.91 Å². The predicted octanol–water partition coefficient (Wildman–Crippen LogP) is 2.92. The Hall–Kier alpha value is -2.67. The lowest BCUT2D eigenvalue weighted by Gasteiger charge is -2.25. The van der Waals surface area contributed by atoms with Crippen LogP contribution in [0.2, 0.25) is 0 Å². The van der Waals surface area contributed by atoms with Crippen LogP contribution < -0.4 is 0 Å². The molecule has 4 rings (SSSR count). The van der Waals surface area contributed by atoms with E-state index >= 15 is 0 Å². The average Bonchev–Trinajstić information content (AvgIpc) is 3.40. The molecule has 1 aliphatic heterocycles. The van der Waals surface area contributed by atoms with Crippen molar-refractivity contribution < 1.29 is 9.32 Å². The van der Waals surface area contributed by atoms with Gasteiger partial charge in [0, 0.05) is 20.1 Å². The van der Waals surface area contributed by atoms with Crippen molar-refractivity contribution in [1.29, 1.82) is 0 Å². The second-order valence-corrected chi connectivity index (χ2v) is 7.55. The summed E-state index contributed by atoms with van der Waals surface area (Å²) in [5.41, 5.74) is 3.23. The molecule has 3 aromatic rings. The van der Waals surface area contributed by atoms with Gasteiger partial charge in [0.25, 0.3) is 5.91 Å². The SMILES string of the molecule is Cc1noc(C)c1C(=O)N(CCN1CCCC1)Cc1nc2ccccc2n1C. The van der Waals surface area contributed by atoms with Gasteiger partial charge in [-0.1, -0.05) is 17.3 Å². The molecule has 7 nitrogen and oxygen atoms in total. The van der Waals surface area contributed by atoms with E-state index in [1.165, 1.54) is 12.8 Å². The van der Waals surface area contributed by atoms with Gasteiger partial charge < -0.3 is 18.9 Å². The number of carbonyl (C=O) groups excluding carboxylic acids is 1. The van der Waals surface area contributed by atoms with Gasteiger partial charge >= 0.3 is 0 Å². The van der Waals surface area contributed by atoms with Crippen molar-refractivity contribution in [2.24, 2.45) is 7.05 Å².